The maximum atomic E-state index is 10.7. The average molecular weight is 204 g/mol. The molecule has 76 valence electrons. The van der Waals surface area contributed by atoms with Crippen LogP contribution in [0.15, 0.2) is 23.8 Å². The molecule has 0 spiro atoms. The van der Waals surface area contributed by atoms with Crippen molar-refractivity contribution in [2.45, 2.75) is 0 Å². The van der Waals surface area contributed by atoms with Crippen LogP contribution in [0.1, 0.15) is 5.56 Å². The highest BCUT2D eigenvalue weighted by molar-refractivity contribution is 6.00. The van der Waals surface area contributed by atoms with E-state index < -0.39 is 11.7 Å². The van der Waals surface area contributed by atoms with Gasteiger partial charge in [-0.25, -0.2) is 0 Å². The molecular formula is C10H8N2O3. The number of amides is 1. The molecule has 0 aromatic heterocycles. The van der Waals surface area contributed by atoms with Crippen LogP contribution in [0.4, 0.5) is 0 Å². The molecule has 1 aromatic rings. The number of benzene rings is 1. The van der Waals surface area contributed by atoms with E-state index >= 15 is 0 Å². The van der Waals surface area contributed by atoms with Gasteiger partial charge in [-0.2, -0.15) is 5.26 Å². The zero-order valence-corrected chi connectivity index (χ0v) is 7.64. The van der Waals surface area contributed by atoms with Gasteiger partial charge in [0.05, 0.1) is 0 Å². The van der Waals surface area contributed by atoms with Crippen LogP contribution in [0.3, 0.4) is 0 Å². The van der Waals surface area contributed by atoms with Crippen LogP contribution >= 0.6 is 0 Å². The van der Waals surface area contributed by atoms with E-state index in [-0.39, 0.29) is 16.9 Å². The third-order valence-electron chi connectivity index (χ3n) is 1.73. The van der Waals surface area contributed by atoms with Crippen LogP contribution in [-0.4, -0.2) is 16.1 Å². The lowest BCUT2D eigenvalue weighted by atomic mass is 10.1. The second kappa shape index (κ2) is 4.15. The van der Waals surface area contributed by atoms with Crippen LogP contribution in [0.5, 0.6) is 11.5 Å². The summed E-state index contributed by atoms with van der Waals surface area (Å²) < 4.78 is 0. The smallest absolute Gasteiger partial charge is 0.259 e. The molecular weight excluding hydrogens is 196 g/mol. The van der Waals surface area contributed by atoms with Crippen LogP contribution < -0.4 is 5.73 Å². The highest BCUT2D eigenvalue weighted by Crippen LogP contribution is 2.29. The van der Waals surface area contributed by atoms with Gasteiger partial charge in [0, 0.05) is 5.56 Å². The molecule has 0 heterocycles. The predicted octanol–water partition coefficient (Wildman–Crippen LogP) is 0.490. The van der Waals surface area contributed by atoms with E-state index in [4.69, 9.17) is 16.1 Å². The molecule has 1 rings (SSSR count). The van der Waals surface area contributed by atoms with Crippen molar-refractivity contribution in [1.82, 2.24) is 0 Å². The number of hydrogen-bond acceptors (Lipinski definition) is 4. The number of carbonyl (C=O) groups is 1. The number of para-hydroxylation sites is 1. The molecule has 0 atom stereocenters. The number of hydrogen-bond donors (Lipinski definition) is 3. The lowest BCUT2D eigenvalue weighted by Gasteiger charge is -2.01. The summed E-state index contributed by atoms with van der Waals surface area (Å²) in [4.78, 5) is 10.7. The monoisotopic (exact) mass is 204 g/mol. The van der Waals surface area contributed by atoms with Gasteiger partial charge in [0.25, 0.3) is 5.91 Å². The normalized spacial score (nSPS) is 10.7. The van der Waals surface area contributed by atoms with Crippen molar-refractivity contribution in [1.29, 1.82) is 5.26 Å². The molecule has 0 bridgehead atoms. The largest absolute Gasteiger partial charge is 0.504 e. The molecule has 0 aliphatic carbocycles. The number of nitrogens with two attached hydrogens (primary N) is 1. The second-order valence-corrected chi connectivity index (χ2v) is 2.75. The number of nitrogens with zero attached hydrogens (tertiary/aromatic N) is 1. The van der Waals surface area contributed by atoms with Gasteiger partial charge in [-0.15, -0.1) is 0 Å². The van der Waals surface area contributed by atoms with E-state index in [9.17, 15) is 9.90 Å². The summed E-state index contributed by atoms with van der Waals surface area (Å²) >= 11 is 0. The molecule has 0 saturated heterocycles. The maximum Gasteiger partial charge on any atom is 0.259 e. The van der Waals surface area contributed by atoms with E-state index in [0.29, 0.717) is 0 Å². The third kappa shape index (κ3) is 2.25. The summed E-state index contributed by atoms with van der Waals surface area (Å²) in [7, 11) is 0. The van der Waals surface area contributed by atoms with Crippen LogP contribution in [0.25, 0.3) is 6.08 Å². The first kappa shape index (κ1) is 10.6. The summed E-state index contributed by atoms with van der Waals surface area (Å²) in [5, 5.41) is 27.1. The lowest BCUT2D eigenvalue weighted by Crippen LogP contribution is -2.12. The zero-order chi connectivity index (χ0) is 11.4. The van der Waals surface area contributed by atoms with E-state index in [1.54, 1.807) is 6.07 Å². The maximum absolute atomic E-state index is 10.7. The van der Waals surface area contributed by atoms with Crippen molar-refractivity contribution in [2.24, 2.45) is 5.73 Å². The van der Waals surface area contributed by atoms with Gasteiger partial charge in [0.15, 0.2) is 11.5 Å². The molecule has 0 fully saturated rings. The number of nitriles is 1. The Bertz CT molecular complexity index is 472. The van der Waals surface area contributed by atoms with Crippen molar-refractivity contribution in [2.75, 3.05) is 0 Å². The molecule has 5 nitrogen and oxygen atoms in total. The Balaban J connectivity index is 3.25. The Morgan fingerprint density at radius 1 is 1.47 bits per heavy atom. The predicted molar refractivity (Wildman–Crippen MR) is 52.6 cm³/mol. The number of rotatable bonds is 2. The van der Waals surface area contributed by atoms with Crippen molar-refractivity contribution in [3.63, 3.8) is 0 Å². The quantitative estimate of drug-likeness (QED) is 0.370. The van der Waals surface area contributed by atoms with Crippen molar-refractivity contribution in [3.05, 3.63) is 29.3 Å². The summed E-state index contributed by atoms with van der Waals surface area (Å²) in [5.74, 6) is -1.61. The molecule has 1 aromatic carbocycles. The first-order valence-electron chi connectivity index (χ1n) is 3.98. The summed E-state index contributed by atoms with van der Waals surface area (Å²) in [6.07, 6.45) is 1.11. The zero-order valence-electron chi connectivity index (χ0n) is 7.64. The first-order chi connectivity index (χ1) is 7.06. The fourth-order valence-electron chi connectivity index (χ4n) is 0.979. The van der Waals surface area contributed by atoms with Crippen molar-refractivity contribution < 1.29 is 15.0 Å². The van der Waals surface area contributed by atoms with Gasteiger partial charge in [0.2, 0.25) is 0 Å². The van der Waals surface area contributed by atoms with Gasteiger partial charge in [-0.1, -0.05) is 12.1 Å². The van der Waals surface area contributed by atoms with Crippen LogP contribution in [0.2, 0.25) is 0 Å². The van der Waals surface area contributed by atoms with Crippen molar-refractivity contribution >= 4 is 12.0 Å². The Morgan fingerprint density at radius 3 is 2.67 bits per heavy atom. The SMILES string of the molecule is N#C/C(=C/c1cccc(O)c1O)C(N)=O. The molecule has 0 aliphatic heterocycles. The molecule has 1 amide bonds. The Labute approximate surface area is 85.7 Å². The fraction of sp³-hybridized carbons (Fsp3) is 0. The average Bonchev–Trinajstić information content (AvgIpc) is 2.19. The number of aromatic hydroxyl groups is 2. The minimum Gasteiger partial charge on any atom is -0.504 e. The molecule has 4 N–H and O–H groups in total. The third-order valence-corrected chi connectivity index (χ3v) is 1.73. The number of phenolic OH excluding ortho intramolecular Hbond substituents is 2. The van der Waals surface area contributed by atoms with E-state index in [0.717, 1.165) is 6.08 Å². The summed E-state index contributed by atoms with van der Waals surface area (Å²) in [5.41, 5.74) is 4.77. The lowest BCUT2D eigenvalue weighted by molar-refractivity contribution is -0.114. The van der Waals surface area contributed by atoms with E-state index in [1.165, 1.54) is 18.2 Å². The van der Waals surface area contributed by atoms with Gasteiger partial charge in [0.1, 0.15) is 11.6 Å². The Kier molecular flexibility index (Phi) is 2.94. The van der Waals surface area contributed by atoms with Crippen LogP contribution in [0, 0.1) is 11.3 Å². The minimum atomic E-state index is -0.889. The van der Waals surface area contributed by atoms with Gasteiger partial charge >= 0.3 is 0 Å². The van der Waals surface area contributed by atoms with E-state index in [2.05, 4.69) is 0 Å². The molecule has 0 radical (unpaired) electrons. The highest BCUT2D eigenvalue weighted by Gasteiger charge is 2.07. The molecule has 0 aliphatic rings. The molecule has 15 heavy (non-hydrogen) atoms. The summed E-state index contributed by atoms with van der Waals surface area (Å²) in [6.45, 7) is 0. The molecule has 0 saturated carbocycles. The first-order valence-corrected chi connectivity index (χ1v) is 3.98. The number of phenols is 2. The van der Waals surface area contributed by atoms with E-state index in [1.807, 2.05) is 0 Å². The summed E-state index contributed by atoms with van der Waals surface area (Å²) in [6, 6.07) is 5.78. The topological polar surface area (TPSA) is 107 Å². The van der Waals surface area contributed by atoms with Gasteiger partial charge in [-0.3, -0.25) is 4.79 Å². The Morgan fingerprint density at radius 2 is 2.13 bits per heavy atom. The molecule has 0 unspecified atom stereocenters. The number of carbonyl (C=O) groups excluding carboxylic acids is 1. The molecule has 5 heteroatoms. The fourth-order valence-corrected chi connectivity index (χ4v) is 0.979. The van der Waals surface area contributed by atoms with Gasteiger partial charge in [-0.05, 0) is 12.1 Å². The standard InChI is InChI=1S/C10H8N2O3/c11-5-7(10(12)15)4-6-2-1-3-8(13)9(6)14/h1-4,13-14H,(H2,12,15)/b7-4-. The van der Waals surface area contributed by atoms with Gasteiger partial charge < -0.3 is 15.9 Å². The highest BCUT2D eigenvalue weighted by atomic mass is 16.3. The second-order valence-electron chi connectivity index (χ2n) is 2.75. The van der Waals surface area contributed by atoms with Crippen molar-refractivity contribution in [3.8, 4) is 17.6 Å². The Hall–Kier alpha value is -2.48. The van der Waals surface area contributed by atoms with Crippen LogP contribution in [-0.2, 0) is 4.79 Å². The number of primary amides is 1. The minimum absolute atomic E-state index is 0.158.